The molecule has 1 aliphatic carbocycles. The van der Waals surface area contributed by atoms with E-state index in [1.54, 1.807) is 0 Å². The zero-order chi connectivity index (χ0) is 8.93. The lowest BCUT2D eigenvalue weighted by Gasteiger charge is -2.28. The highest BCUT2D eigenvalue weighted by Gasteiger charge is 2.16. The molecule has 2 fully saturated rings. The van der Waals surface area contributed by atoms with Crippen LogP contribution in [-0.2, 0) is 4.74 Å². The number of morpholine rings is 1. The number of rotatable bonds is 3. The van der Waals surface area contributed by atoms with Gasteiger partial charge >= 0.3 is 0 Å². The van der Waals surface area contributed by atoms with Crippen LogP contribution in [0.1, 0.15) is 25.7 Å². The third kappa shape index (κ3) is 2.93. The largest absolute Gasteiger partial charge is 0.379 e. The molecule has 0 radical (unpaired) electrons. The summed E-state index contributed by atoms with van der Waals surface area (Å²) in [5, 5.41) is 2.31. The first-order valence-corrected chi connectivity index (χ1v) is 5.51. The normalized spacial score (nSPS) is 26.8. The van der Waals surface area contributed by atoms with E-state index in [1.165, 1.54) is 32.2 Å². The summed E-state index contributed by atoms with van der Waals surface area (Å²) in [6, 6.07) is 0. The van der Waals surface area contributed by atoms with Crippen LogP contribution in [0.15, 0.2) is 0 Å². The predicted octanol–water partition coefficient (Wildman–Crippen LogP) is 1.01. The zero-order valence-corrected chi connectivity index (χ0v) is 8.30. The van der Waals surface area contributed by atoms with Crippen LogP contribution < -0.4 is 5.43 Å². The Labute approximate surface area is 80.4 Å². The molecule has 0 aromatic rings. The Morgan fingerprint density at radius 2 is 1.85 bits per heavy atom. The Morgan fingerprint density at radius 3 is 2.54 bits per heavy atom. The summed E-state index contributed by atoms with van der Waals surface area (Å²) >= 11 is 0. The SMILES string of the molecule is C1CCC(CNN2CCOCC2)C1. The second-order valence-electron chi connectivity index (χ2n) is 4.11. The Bertz CT molecular complexity index is 140. The molecule has 0 atom stereocenters. The van der Waals surface area contributed by atoms with E-state index < -0.39 is 0 Å². The highest BCUT2D eigenvalue weighted by molar-refractivity contribution is 4.69. The number of ether oxygens (including phenoxy) is 1. The highest BCUT2D eigenvalue weighted by atomic mass is 16.5. The number of nitrogens with zero attached hydrogens (tertiary/aromatic N) is 1. The number of nitrogens with one attached hydrogen (secondary N) is 1. The third-order valence-electron chi connectivity index (χ3n) is 3.09. The van der Waals surface area contributed by atoms with Crippen molar-refractivity contribution in [3.05, 3.63) is 0 Å². The van der Waals surface area contributed by atoms with Crippen LogP contribution in [0.5, 0.6) is 0 Å². The minimum atomic E-state index is 0.887. The van der Waals surface area contributed by atoms with Crippen LogP contribution in [0.3, 0.4) is 0 Å². The van der Waals surface area contributed by atoms with Crippen molar-refractivity contribution in [3.8, 4) is 0 Å². The molecule has 0 aromatic heterocycles. The van der Waals surface area contributed by atoms with E-state index >= 15 is 0 Å². The monoisotopic (exact) mass is 184 g/mol. The van der Waals surface area contributed by atoms with E-state index in [4.69, 9.17) is 4.74 Å². The van der Waals surface area contributed by atoms with Gasteiger partial charge in [0, 0.05) is 19.6 Å². The molecule has 0 aromatic carbocycles. The van der Waals surface area contributed by atoms with Gasteiger partial charge in [0.25, 0.3) is 0 Å². The Morgan fingerprint density at radius 1 is 1.15 bits per heavy atom. The maximum Gasteiger partial charge on any atom is 0.0608 e. The molecule has 1 saturated heterocycles. The van der Waals surface area contributed by atoms with Crippen molar-refractivity contribution in [1.29, 1.82) is 0 Å². The van der Waals surface area contributed by atoms with E-state index in [2.05, 4.69) is 10.4 Å². The lowest BCUT2D eigenvalue weighted by atomic mass is 10.1. The maximum absolute atomic E-state index is 5.29. The van der Waals surface area contributed by atoms with E-state index in [1.807, 2.05) is 0 Å². The van der Waals surface area contributed by atoms with Gasteiger partial charge < -0.3 is 4.74 Å². The second kappa shape index (κ2) is 4.94. The quantitative estimate of drug-likeness (QED) is 0.708. The minimum Gasteiger partial charge on any atom is -0.379 e. The van der Waals surface area contributed by atoms with Crippen molar-refractivity contribution in [3.63, 3.8) is 0 Å². The van der Waals surface area contributed by atoms with Crippen molar-refractivity contribution in [2.24, 2.45) is 5.92 Å². The molecule has 3 nitrogen and oxygen atoms in total. The average Bonchev–Trinajstić information content (AvgIpc) is 2.69. The van der Waals surface area contributed by atoms with Crippen molar-refractivity contribution >= 4 is 0 Å². The van der Waals surface area contributed by atoms with Gasteiger partial charge in [0.1, 0.15) is 0 Å². The van der Waals surface area contributed by atoms with Gasteiger partial charge in [-0.1, -0.05) is 12.8 Å². The zero-order valence-electron chi connectivity index (χ0n) is 8.30. The van der Waals surface area contributed by atoms with Crippen LogP contribution in [-0.4, -0.2) is 37.9 Å². The smallest absolute Gasteiger partial charge is 0.0608 e. The molecular weight excluding hydrogens is 164 g/mol. The molecule has 1 saturated carbocycles. The summed E-state index contributed by atoms with van der Waals surface area (Å²) in [6.45, 7) is 5.05. The number of hydrogen-bond acceptors (Lipinski definition) is 3. The summed E-state index contributed by atoms with van der Waals surface area (Å²) in [5.74, 6) is 0.933. The van der Waals surface area contributed by atoms with Crippen molar-refractivity contribution in [2.45, 2.75) is 25.7 Å². The summed E-state index contributed by atoms with van der Waals surface area (Å²) in [5.41, 5.74) is 3.52. The lowest BCUT2D eigenvalue weighted by molar-refractivity contribution is 0.00948. The molecule has 13 heavy (non-hydrogen) atoms. The average molecular weight is 184 g/mol. The molecule has 3 heteroatoms. The molecule has 1 heterocycles. The van der Waals surface area contributed by atoms with E-state index in [0.717, 1.165) is 32.2 Å². The van der Waals surface area contributed by atoms with Gasteiger partial charge in [0.05, 0.1) is 13.2 Å². The summed E-state index contributed by atoms with van der Waals surface area (Å²) in [4.78, 5) is 0. The van der Waals surface area contributed by atoms with Crippen molar-refractivity contribution in [2.75, 3.05) is 32.8 Å². The standard InChI is InChI=1S/C10H20N2O/c1-2-4-10(3-1)9-11-12-5-7-13-8-6-12/h10-11H,1-9H2. The molecule has 2 aliphatic rings. The van der Waals surface area contributed by atoms with Gasteiger partial charge in [-0.25, -0.2) is 5.01 Å². The van der Waals surface area contributed by atoms with Gasteiger partial charge in [-0.3, -0.25) is 5.43 Å². The number of hydrogen-bond donors (Lipinski definition) is 1. The fraction of sp³-hybridized carbons (Fsp3) is 1.00. The van der Waals surface area contributed by atoms with Crippen LogP contribution in [0.25, 0.3) is 0 Å². The first-order valence-electron chi connectivity index (χ1n) is 5.51. The second-order valence-corrected chi connectivity index (χ2v) is 4.11. The first-order chi connectivity index (χ1) is 6.45. The number of hydrazine groups is 1. The minimum absolute atomic E-state index is 0.887. The van der Waals surface area contributed by atoms with Crippen molar-refractivity contribution < 1.29 is 4.74 Å². The fourth-order valence-corrected chi connectivity index (χ4v) is 2.19. The van der Waals surface area contributed by atoms with Crippen LogP contribution >= 0.6 is 0 Å². The molecule has 0 unspecified atom stereocenters. The first kappa shape index (κ1) is 9.44. The molecule has 1 N–H and O–H groups in total. The molecule has 2 rings (SSSR count). The van der Waals surface area contributed by atoms with Gasteiger partial charge in [0.2, 0.25) is 0 Å². The van der Waals surface area contributed by atoms with Crippen LogP contribution in [0, 0.1) is 5.92 Å². The molecule has 0 amide bonds. The summed E-state index contributed by atoms with van der Waals surface area (Å²) in [6.07, 6.45) is 5.74. The Hall–Kier alpha value is -0.120. The van der Waals surface area contributed by atoms with E-state index in [9.17, 15) is 0 Å². The molecule has 0 spiro atoms. The van der Waals surface area contributed by atoms with Crippen molar-refractivity contribution in [1.82, 2.24) is 10.4 Å². The van der Waals surface area contributed by atoms with Crippen LogP contribution in [0.4, 0.5) is 0 Å². The van der Waals surface area contributed by atoms with E-state index in [0.29, 0.717) is 0 Å². The Kier molecular flexibility index (Phi) is 3.58. The summed E-state index contributed by atoms with van der Waals surface area (Å²) < 4.78 is 5.29. The van der Waals surface area contributed by atoms with Gasteiger partial charge in [-0.2, -0.15) is 0 Å². The third-order valence-corrected chi connectivity index (χ3v) is 3.09. The topological polar surface area (TPSA) is 24.5 Å². The molecule has 76 valence electrons. The van der Waals surface area contributed by atoms with E-state index in [-0.39, 0.29) is 0 Å². The highest BCUT2D eigenvalue weighted by Crippen LogP contribution is 2.23. The molecular formula is C10H20N2O. The fourth-order valence-electron chi connectivity index (χ4n) is 2.19. The lowest BCUT2D eigenvalue weighted by Crippen LogP contribution is -2.47. The van der Waals surface area contributed by atoms with Gasteiger partial charge in [-0.15, -0.1) is 0 Å². The van der Waals surface area contributed by atoms with Crippen LogP contribution in [0.2, 0.25) is 0 Å². The predicted molar refractivity (Wildman–Crippen MR) is 52.4 cm³/mol. The van der Waals surface area contributed by atoms with Gasteiger partial charge in [0.15, 0.2) is 0 Å². The van der Waals surface area contributed by atoms with Gasteiger partial charge in [-0.05, 0) is 18.8 Å². The molecule has 1 aliphatic heterocycles. The Balaban J connectivity index is 1.60. The maximum atomic E-state index is 5.29. The summed E-state index contributed by atoms with van der Waals surface area (Å²) in [7, 11) is 0. The molecule has 0 bridgehead atoms.